The maximum Gasteiger partial charge on any atom is 0.235 e. The van der Waals surface area contributed by atoms with Crippen LogP contribution in [0.5, 0.6) is 5.88 Å². The maximum atomic E-state index is 5.45. The predicted octanol–water partition coefficient (Wildman–Crippen LogP) is 0.0840. The lowest BCUT2D eigenvalue weighted by atomic mass is 10.5. The summed E-state index contributed by atoms with van der Waals surface area (Å²) in [6, 6.07) is 1.61. The van der Waals surface area contributed by atoms with Gasteiger partial charge >= 0.3 is 0 Å². The van der Waals surface area contributed by atoms with Gasteiger partial charge in [0.2, 0.25) is 5.88 Å². The van der Waals surface area contributed by atoms with Gasteiger partial charge in [0.05, 0.1) is 18.5 Å². The first kappa shape index (κ1) is 8.73. The number of aromatic nitrogens is 2. The van der Waals surface area contributed by atoms with E-state index in [1.54, 1.807) is 13.2 Å². The van der Waals surface area contributed by atoms with E-state index in [9.17, 15) is 0 Å². The molecule has 0 radical (unpaired) electrons. The van der Waals surface area contributed by atoms with Crippen molar-refractivity contribution in [3.8, 4) is 5.88 Å². The highest BCUT2D eigenvalue weighted by molar-refractivity contribution is 5.36. The van der Waals surface area contributed by atoms with E-state index >= 15 is 0 Å². The SMILES string of the molecule is COCCOc1cc(N)cnn1. The summed E-state index contributed by atoms with van der Waals surface area (Å²) in [4.78, 5) is 0. The highest BCUT2D eigenvalue weighted by Crippen LogP contribution is 2.07. The Kier molecular flexibility index (Phi) is 3.28. The summed E-state index contributed by atoms with van der Waals surface area (Å²) >= 11 is 0. The number of rotatable bonds is 4. The lowest BCUT2D eigenvalue weighted by molar-refractivity contribution is 0.143. The third-order valence-corrected chi connectivity index (χ3v) is 1.19. The predicted molar refractivity (Wildman–Crippen MR) is 43.8 cm³/mol. The standard InChI is InChI=1S/C7H11N3O2/c1-11-2-3-12-7-4-6(8)5-9-10-7/h4-5H,2-3H2,1H3,(H2,8,10). The third-order valence-electron chi connectivity index (χ3n) is 1.19. The molecule has 0 atom stereocenters. The summed E-state index contributed by atoms with van der Waals surface area (Å²) in [7, 11) is 1.61. The molecule has 0 aromatic carbocycles. The van der Waals surface area contributed by atoms with E-state index in [-0.39, 0.29) is 0 Å². The van der Waals surface area contributed by atoms with Gasteiger partial charge in [-0.25, -0.2) is 0 Å². The van der Waals surface area contributed by atoms with Gasteiger partial charge in [-0.1, -0.05) is 0 Å². The number of nitrogens with two attached hydrogens (primary N) is 1. The molecule has 0 amide bonds. The normalized spacial score (nSPS) is 9.75. The molecule has 1 aromatic heterocycles. The van der Waals surface area contributed by atoms with E-state index in [4.69, 9.17) is 15.2 Å². The van der Waals surface area contributed by atoms with E-state index in [0.717, 1.165) is 0 Å². The molecule has 0 aliphatic carbocycles. The first-order valence-corrected chi connectivity index (χ1v) is 3.53. The molecule has 0 bridgehead atoms. The van der Waals surface area contributed by atoms with Crippen LogP contribution >= 0.6 is 0 Å². The van der Waals surface area contributed by atoms with Crippen molar-refractivity contribution in [2.75, 3.05) is 26.1 Å². The van der Waals surface area contributed by atoms with Crippen LogP contribution in [-0.2, 0) is 4.74 Å². The van der Waals surface area contributed by atoms with E-state index in [1.807, 2.05) is 0 Å². The first-order valence-electron chi connectivity index (χ1n) is 3.53. The van der Waals surface area contributed by atoms with Gasteiger partial charge in [-0.3, -0.25) is 0 Å². The average molecular weight is 169 g/mol. The van der Waals surface area contributed by atoms with E-state index < -0.39 is 0 Å². The molecule has 0 unspecified atom stereocenters. The Morgan fingerprint density at radius 3 is 3.00 bits per heavy atom. The molecule has 1 heterocycles. The first-order chi connectivity index (χ1) is 5.83. The fourth-order valence-corrected chi connectivity index (χ4v) is 0.661. The zero-order valence-electron chi connectivity index (χ0n) is 6.86. The van der Waals surface area contributed by atoms with Crippen molar-refractivity contribution < 1.29 is 9.47 Å². The van der Waals surface area contributed by atoms with Crippen molar-refractivity contribution in [2.24, 2.45) is 0 Å². The number of ether oxygens (including phenoxy) is 2. The van der Waals surface area contributed by atoms with Crippen molar-refractivity contribution in [3.05, 3.63) is 12.3 Å². The monoisotopic (exact) mass is 169 g/mol. The Morgan fingerprint density at radius 1 is 1.50 bits per heavy atom. The Bertz CT molecular complexity index is 242. The van der Waals surface area contributed by atoms with Gasteiger partial charge in [0.15, 0.2) is 0 Å². The summed E-state index contributed by atoms with van der Waals surface area (Å²) in [5, 5.41) is 7.33. The summed E-state index contributed by atoms with van der Waals surface area (Å²) in [6.45, 7) is 0.977. The van der Waals surface area contributed by atoms with Crippen LogP contribution in [0.4, 0.5) is 5.69 Å². The largest absolute Gasteiger partial charge is 0.474 e. The molecule has 1 rings (SSSR count). The highest BCUT2D eigenvalue weighted by Gasteiger charge is 1.95. The minimum Gasteiger partial charge on any atom is -0.474 e. The Balaban J connectivity index is 2.41. The van der Waals surface area contributed by atoms with Gasteiger partial charge in [0, 0.05) is 13.2 Å². The minimum atomic E-state index is 0.423. The quantitative estimate of drug-likeness (QED) is 0.646. The average Bonchev–Trinajstić information content (AvgIpc) is 2.05. The van der Waals surface area contributed by atoms with Crippen molar-refractivity contribution >= 4 is 5.69 Å². The van der Waals surface area contributed by atoms with E-state index in [0.29, 0.717) is 24.8 Å². The van der Waals surface area contributed by atoms with E-state index in [2.05, 4.69) is 10.2 Å². The molecule has 0 aliphatic heterocycles. The van der Waals surface area contributed by atoms with Gasteiger partial charge < -0.3 is 15.2 Å². The molecule has 12 heavy (non-hydrogen) atoms. The molecular weight excluding hydrogens is 158 g/mol. The smallest absolute Gasteiger partial charge is 0.235 e. The molecule has 5 heteroatoms. The van der Waals surface area contributed by atoms with Crippen molar-refractivity contribution in [1.82, 2.24) is 10.2 Å². The Hall–Kier alpha value is -1.36. The second kappa shape index (κ2) is 4.50. The molecule has 0 aliphatic rings. The van der Waals surface area contributed by atoms with Crippen LogP contribution in [0, 0.1) is 0 Å². The molecular formula is C7H11N3O2. The second-order valence-electron chi connectivity index (χ2n) is 2.17. The fraction of sp³-hybridized carbons (Fsp3) is 0.429. The van der Waals surface area contributed by atoms with Gasteiger partial charge in [-0.15, -0.1) is 5.10 Å². The third kappa shape index (κ3) is 2.71. The molecule has 66 valence electrons. The zero-order valence-corrected chi connectivity index (χ0v) is 6.86. The molecule has 0 saturated carbocycles. The van der Waals surface area contributed by atoms with Crippen LogP contribution in [0.15, 0.2) is 12.3 Å². The molecule has 5 nitrogen and oxygen atoms in total. The number of hydrogen-bond acceptors (Lipinski definition) is 5. The number of nitrogens with zero attached hydrogens (tertiary/aromatic N) is 2. The van der Waals surface area contributed by atoms with Gasteiger partial charge in [-0.2, -0.15) is 5.10 Å². The summed E-state index contributed by atoms with van der Waals surface area (Å²) in [5.74, 6) is 0.423. The maximum absolute atomic E-state index is 5.45. The lowest BCUT2D eigenvalue weighted by Crippen LogP contribution is -2.06. The Labute approximate surface area is 70.5 Å². The number of nitrogen functional groups attached to an aromatic ring is 1. The van der Waals surface area contributed by atoms with Crippen molar-refractivity contribution in [2.45, 2.75) is 0 Å². The van der Waals surface area contributed by atoms with Crippen LogP contribution in [0.3, 0.4) is 0 Å². The van der Waals surface area contributed by atoms with Gasteiger partial charge in [0.1, 0.15) is 6.61 Å². The van der Waals surface area contributed by atoms with Gasteiger partial charge in [0.25, 0.3) is 0 Å². The molecule has 2 N–H and O–H groups in total. The van der Waals surface area contributed by atoms with Crippen molar-refractivity contribution in [3.63, 3.8) is 0 Å². The highest BCUT2D eigenvalue weighted by atomic mass is 16.5. The second-order valence-corrected chi connectivity index (χ2v) is 2.17. The zero-order chi connectivity index (χ0) is 8.81. The summed E-state index contributed by atoms with van der Waals surface area (Å²) in [5.41, 5.74) is 5.99. The summed E-state index contributed by atoms with van der Waals surface area (Å²) < 4.78 is 9.94. The lowest BCUT2D eigenvalue weighted by Gasteiger charge is -2.02. The number of methoxy groups -OCH3 is 1. The van der Waals surface area contributed by atoms with Crippen LogP contribution < -0.4 is 10.5 Å². The number of anilines is 1. The summed E-state index contributed by atoms with van der Waals surface area (Å²) in [6.07, 6.45) is 1.46. The van der Waals surface area contributed by atoms with Gasteiger partial charge in [-0.05, 0) is 0 Å². The van der Waals surface area contributed by atoms with Crippen molar-refractivity contribution in [1.29, 1.82) is 0 Å². The Morgan fingerprint density at radius 2 is 2.33 bits per heavy atom. The van der Waals surface area contributed by atoms with Crippen LogP contribution in [0.1, 0.15) is 0 Å². The fourth-order valence-electron chi connectivity index (χ4n) is 0.661. The minimum absolute atomic E-state index is 0.423. The number of hydrogen-bond donors (Lipinski definition) is 1. The molecule has 1 aromatic rings. The molecule has 0 saturated heterocycles. The van der Waals surface area contributed by atoms with E-state index in [1.165, 1.54) is 6.20 Å². The molecule has 0 spiro atoms. The topological polar surface area (TPSA) is 70.3 Å². The molecule has 0 fully saturated rings. The van der Waals surface area contributed by atoms with Crippen LogP contribution in [0.2, 0.25) is 0 Å². The van der Waals surface area contributed by atoms with Crippen LogP contribution in [0.25, 0.3) is 0 Å². The van der Waals surface area contributed by atoms with Crippen LogP contribution in [-0.4, -0.2) is 30.5 Å².